The molecule has 0 bridgehead atoms. The number of nitrogen functional groups attached to an aromatic ring is 1. The third-order valence-electron chi connectivity index (χ3n) is 2.52. The molecule has 0 radical (unpaired) electrons. The van der Waals surface area contributed by atoms with Crippen molar-refractivity contribution in [1.29, 1.82) is 0 Å². The van der Waals surface area contributed by atoms with Crippen LogP contribution in [-0.4, -0.2) is 26.8 Å². The highest BCUT2D eigenvalue weighted by Crippen LogP contribution is 2.29. The standard InChI is InChI=1S/C11H16ClFN2O/c1-7(6-16-3)15(2)11-4-8(12)9(13)5-10(11)14/h4-5,7H,6,14H2,1-3H3. The van der Waals surface area contributed by atoms with E-state index < -0.39 is 5.82 Å². The van der Waals surface area contributed by atoms with Crippen molar-refractivity contribution in [3.8, 4) is 0 Å². The van der Waals surface area contributed by atoms with Gasteiger partial charge in [0.1, 0.15) is 5.82 Å². The molecule has 0 aliphatic heterocycles. The molecule has 5 heteroatoms. The molecule has 2 N–H and O–H groups in total. The first kappa shape index (κ1) is 13.1. The maximum absolute atomic E-state index is 13.1. The van der Waals surface area contributed by atoms with Crippen LogP contribution in [0.3, 0.4) is 0 Å². The van der Waals surface area contributed by atoms with Gasteiger partial charge in [-0.15, -0.1) is 0 Å². The molecule has 1 aromatic carbocycles. The zero-order chi connectivity index (χ0) is 12.3. The summed E-state index contributed by atoms with van der Waals surface area (Å²) in [5, 5.41) is 0.0701. The minimum absolute atomic E-state index is 0.0701. The zero-order valence-corrected chi connectivity index (χ0v) is 10.4. The first-order valence-electron chi connectivity index (χ1n) is 4.93. The average molecular weight is 247 g/mol. The summed E-state index contributed by atoms with van der Waals surface area (Å²) in [6.45, 7) is 2.55. The highest BCUT2D eigenvalue weighted by atomic mass is 35.5. The summed E-state index contributed by atoms with van der Waals surface area (Å²) in [7, 11) is 3.49. The van der Waals surface area contributed by atoms with Gasteiger partial charge >= 0.3 is 0 Å². The van der Waals surface area contributed by atoms with Crippen LogP contribution in [0.5, 0.6) is 0 Å². The number of anilines is 2. The molecule has 0 heterocycles. The third kappa shape index (κ3) is 2.77. The van der Waals surface area contributed by atoms with Gasteiger partial charge in [0, 0.05) is 26.3 Å². The maximum Gasteiger partial charge on any atom is 0.143 e. The van der Waals surface area contributed by atoms with E-state index in [0.717, 1.165) is 0 Å². The number of nitrogens with two attached hydrogens (primary N) is 1. The van der Waals surface area contributed by atoms with Crippen LogP contribution >= 0.6 is 11.6 Å². The van der Waals surface area contributed by atoms with Gasteiger partial charge in [0.2, 0.25) is 0 Å². The Morgan fingerprint density at radius 2 is 2.19 bits per heavy atom. The number of methoxy groups -OCH3 is 1. The van der Waals surface area contributed by atoms with E-state index in [9.17, 15) is 4.39 Å². The summed E-state index contributed by atoms with van der Waals surface area (Å²) in [6, 6.07) is 2.89. The number of hydrogen-bond acceptors (Lipinski definition) is 3. The summed E-state index contributed by atoms with van der Waals surface area (Å²) in [5.74, 6) is -0.504. The van der Waals surface area contributed by atoms with Crippen LogP contribution in [0.25, 0.3) is 0 Å². The van der Waals surface area contributed by atoms with E-state index in [1.54, 1.807) is 7.11 Å². The van der Waals surface area contributed by atoms with Gasteiger partial charge in [-0.3, -0.25) is 0 Å². The number of likely N-dealkylation sites (N-methyl/N-ethyl adjacent to an activating group) is 1. The van der Waals surface area contributed by atoms with Crippen LogP contribution in [0.1, 0.15) is 6.92 Å². The molecule has 0 fully saturated rings. The molecule has 0 saturated heterocycles. The van der Waals surface area contributed by atoms with Crippen LogP contribution < -0.4 is 10.6 Å². The number of rotatable bonds is 4. The molecule has 0 aromatic heterocycles. The lowest BCUT2D eigenvalue weighted by atomic mass is 10.2. The van der Waals surface area contributed by atoms with Gasteiger partial charge in [-0.2, -0.15) is 0 Å². The van der Waals surface area contributed by atoms with Crippen molar-refractivity contribution in [1.82, 2.24) is 0 Å². The molecular weight excluding hydrogens is 231 g/mol. The van der Waals surface area contributed by atoms with Gasteiger partial charge in [0.15, 0.2) is 0 Å². The smallest absolute Gasteiger partial charge is 0.143 e. The maximum atomic E-state index is 13.1. The highest BCUT2D eigenvalue weighted by Gasteiger charge is 2.14. The fourth-order valence-electron chi connectivity index (χ4n) is 1.45. The number of benzene rings is 1. The van der Waals surface area contributed by atoms with Crippen molar-refractivity contribution < 1.29 is 9.13 Å². The molecule has 1 rings (SSSR count). The Bertz CT molecular complexity index is 373. The zero-order valence-electron chi connectivity index (χ0n) is 9.63. The fraction of sp³-hybridized carbons (Fsp3) is 0.455. The van der Waals surface area contributed by atoms with Crippen molar-refractivity contribution in [3.63, 3.8) is 0 Å². The van der Waals surface area contributed by atoms with E-state index in [1.165, 1.54) is 12.1 Å². The molecule has 1 aromatic rings. The predicted octanol–water partition coefficient (Wildman–Crippen LogP) is 2.53. The van der Waals surface area contributed by atoms with Gasteiger partial charge in [-0.25, -0.2) is 4.39 Å². The first-order valence-corrected chi connectivity index (χ1v) is 5.31. The van der Waals surface area contributed by atoms with Crippen LogP contribution in [0, 0.1) is 5.82 Å². The van der Waals surface area contributed by atoms with Crippen LogP contribution in [-0.2, 0) is 4.74 Å². The van der Waals surface area contributed by atoms with Gasteiger partial charge in [-0.05, 0) is 13.0 Å². The molecule has 1 atom stereocenters. The van der Waals surface area contributed by atoms with E-state index in [0.29, 0.717) is 18.0 Å². The molecule has 16 heavy (non-hydrogen) atoms. The van der Waals surface area contributed by atoms with Crippen LogP contribution in [0.2, 0.25) is 5.02 Å². The fourth-order valence-corrected chi connectivity index (χ4v) is 1.61. The molecule has 1 unspecified atom stereocenters. The van der Waals surface area contributed by atoms with E-state index >= 15 is 0 Å². The van der Waals surface area contributed by atoms with Gasteiger partial charge in [0.25, 0.3) is 0 Å². The monoisotopic (exact) mass is 246 g/mol. The van der Waals surface area contributed by atoms with Gasteiger partial charge in [-0.1, -0.05) is 11.6 Å². The Balaban J connectivity index is 2.99. The summed E-state index contributed by atoms with van der Waals surface area (Å²) in [4.78, 5) is 1.91. The van der Waals surface area contributed by atoms with E-state index in [4.69, 9.17) is 22.1 Å². The second-order valence-corrected chi connectivity index (χ2v) is 4.15. The van der Waals surface area contributed by atoms with E-state index in [1.807, 2.05) is 18.9 Å². The van der Waals surface area contributed by atoms with Crippen molar-refractivity contribution in [3.05, 3.63) is 23.0 Å². The summed E-state index contributed by atoms with van der Waals surface area (Å²) in [6.07, 6.45) is 0. The van der Waals surface area contributed by atoms with Crippen molar-refractivity contribution in [2.24, 2.45) is 0 Å². The summed E-state index contributed by atoms with van der Waals surface area (Å²) in [5.41, 5.74) is 6.82. The lowest BCUT2D eigenvalue weighted by Crippen LogP contribution is -2.33. The molecule has 0 amide bonds. The SMILES string of the molecule is COCC(C)N(C)c1cc(Cl)c(F)cc1N. The molecule has 90 valence electrons. The molecule has 0 aliphatic carbocycles. The van der Waals surface area contributed by atoms with Crippen LogP contribution in [0.15, 0.2) is 12.1 Å². The summed E-state index contributed by atoms with van der Waals surface area (Å²) < 4.78 is 18.2. The van der Waals surface area contributed by atoms with Gasteiger partial charge in [0.05, 0.1) is 23.0 Å². The Hall–Kier alpha value is -1.00. The second-order valence-electron chi connectivity index (χ2n) is 3.74. The molecule has 0 aliphatic rings. The highest BCUT2D eigenvalue weighted by molar-refractivity contribution is 6.31. The van der Waals surface area contributed by atoms with E-state index in [2.05, 4.69) is 0 Å². The van der Waals surface area contributed by atoms with E-state index in [-0.39, 0.29) is 11.1 Å². The topological polar surface area (TPSA) is 38.5 Å². The third-order valence-corrected chi connectivity index (χ3v) is 2.81. The lowest BCUT2D eigenvalue weighted by molar-refractivity contribution is 0.183. The number of nitrogens with zero attached hydrogens (tertiary/aromatic N) is 1. The number of halogens is 2. The molecule has 3 nitrogen and oxygen atoms in total. The van der Waals surface area contributed by atoms with Crippen molar-refractivity contribution in [2.45, 2.75) is 13.0 Å². The Labute approximate surface area is 99.9 Å². The summed E-state index contributed by atoms with van der Waals surface area (Å²) >= 11 is 5.72. The van der Waals surface area contributed by atoms with Gasteiger partial charge < -0.3 is 15.4 Å². The second kappa shape index (κ2) is 5.37. The molecule has 0 saturated carbocycles. The average Bonchev–Trinajstić information content (AvgIpc) is 2.23. The van der Waals surface area contributed by atoms with Crippen molar-refractivity contribution in [2.75, 3.05) is 31.4 Å². The minimum atomic E-state index is -0.504. The molecular formula is C11H16ClFN2O. The van der Waals surface area contributed by atoms with Crippen LogP contribution in [0.4, 0.5) is 15.8 Å². The largest absolute Gasteiger partial charge is 0.397 e. The Kier molecular flexibility index (Phi) is 4.38. The van der Waals surface area contributed by atoms with Crippen molar-refractivity contribution >= 4 is 23.0 Å². The normalized spacial score (nSPS) is 12.6. The first-order chi connectivity index (χ1) is 7.47. The lowest BCUT2D eigenvalue weighted by Gasteiger charge is -2.27. The Morgan fingerprint density at radius 3 is 2.75 bits per heavy atom. The molecule has 0 spiro atoms. The Morgan fingerprint density at radius 1 is 1.56 bits per heavy atom. The number of hydrogen-bond donors (Lipinski definition) is 1. The number of ether oxygens (including phenoxy) is 1. The predicted molar refractivity (Wildman–Crippen MR) is 65.6 cm³/mol. The quantitative estimate of drug-likeness (QED) is 0.830. The minimum Gasteiger partial charge on any atom is -0.397 e.